The molecule has 0 saturated heterocycles. The minimum atomic E-state index is -3.86. The van der Waals surface area contributed by atoms with Crippen molar-refractivity contribution in [2.24, 2.45) is 0 Å². The quantitative estimate of drug-likeness (QED) is 0.850. The molecule has 0 atom stereocenters. The Morgan fingerprint density at radius 2 is 1.86 bits per heavy atom. The van der Waals surface area contributed by atoms with E-state index in [1.807, 2.05) is 12.1 Å². The van der Waals surface area contributed by atoms with Gasteiger partial charge in [0.15, 0.2) is 0 Å². The highest BCUT2D eigenvalue weighted by molar-refractivity contribution is 8.13. The maximum Gasteiger partial charge on any atom is 0.261 e. The lowest BCUT2D eigenvalue weighted by molar-refractivity contribution is 0.0950. The van der Waals surface area contributed by atoms with E-state index in [4.69, 9.17) is 15.4 Å². The van der Waals surface area contributed by atoms with Gasteiger partial charge in [0.2, 0.25) is 0 Å². The molecule has 1 amide bonds. The molecule has 7 heteroatoms. The fourth-order valence-corrected chi connectivity index (χ4v) is 2.61. The molecule has 0 unspecified atom stereocenters. The van der Waals surface area contributed by atoms with Crippen molar-refractivity contribution in [2.75, 3.05) is 7.11 Å². The zero-order valence-corrected chi connectivity index (χ0v) is 13.3. The SMILES string of the molecule is COc1ccc(CNC(=O)c2cccc(S(=O)(=O)Cl)c2)cc1. The van der Waals surface area contributed by atoms with Crippen LogP contribution in [0.1, 0.15) is 15.9 Å². The van der Waals surface area contributed by atoms with Crippen LogP contribution in [0.15, 0.2) is 53.4 Å². The minimum absolute atomic E-state index is 0.105. The van der Waals surface area contributed by atoms with Crippen LogP contribution in [0.25, 0.3) is 0 Å². The van der Waals surface area contributed by atoms with Gasteiger partial charge in [-0.2, -0.15) is 0 Å². The summed E-state index contributed by atoms with van der Waals surface area (Å²) in [5.74, 6) is 0.355. The average molecular weight is 340 g/mol. The van der Waals surface area contributed by atoms with Gasteiger partial charge in [-0.1, -0.05) is 18.2 Å². The molecule has 0 saturated carbocycles. The van der Waals surface area contributed by atoms with Crippen LogP contribution in [0.5, 0.6) is 5.75 Å². The van der Waals surface area contributed by atoms with Crippen LogP contribution in [0, 0.1) is 0 Å². The Morgan fingerprint density at radius 3 is 2.45 bits per heavy atom. The number of methoxy groups -OCH3 is 1. The lowest BCUT2D eigenvalue weighted by atomic mass is 10.2. The van der Waals surface area contributed by atoms with Gasteiger partial charge in [0.25, 0.3) is 15.0 Å². The molecule has 0 fully saturated rings. The van der Waals surface area contributed by atoms with Gasteiger partial charge in [-0.25, -0.2) is 8.42 Å². The van der Waals surface area contributed by atoms with Crippen molar-refractivity contribution in [1.29, 1.82) is 0 Å². The molecular formula is C15H14ClNO4S. The molecule has 2 aromatic carbocycles. The monoisotopic (exact) mass is 339 g/mol. The van der Waals surface area contributed by atoms with Crippen LogP contribution in [0.2, 0.25) is 0 Å². The van der Waals surface area contributed by atoms with Crippen LogP contribution in [-0.2, 0) is 15.6 Å². The summed E-state index contributed by atoms with van der Waals surface area (Å²) in [6, 6.07) is 12.8. The van der Waals surface area contributed by atoms with Gasteiger partial charge in [-0.3, -0.25) is 4.79 Å². The highest BCUT2D eigenvalue weighted by Gasteiger charge is 2.13. The molecule has 5 nitrogen and oxygen atoms in total. The number of rotatable bonds is 5. The lowest BCUT2D eigenvalue weighted by Gasteiger charge is -2.07. The third-order valence-electron chi connectivity index (χ3n) is 2.99. The van der Waals surface area contributed by atoms with Crippen molar-refractivity contribution in [3.05, 3.63) is 59.7 Å². The van der Waals surface area contributed by atoms with Crippen molar-refractivity contribution in [2.45, 2.75) is 11.4 Å². The van der Waals surface area contributed by atoms with Gasteiger partial charge in [0.1, 0.15) is 5.75 Å². The molecule has 22 heavy (non-hydrogen) atoms. The molecule has 0 heterocycles. The van der Waals surface area contributed by atoms with Crippen LogP contribution >= 0.6 is 10.7 Å². The Morgan fingerprint density at radius 1 is 1.18 bits per heavy atom. The Labute approximate surface area is 133 Å². The van der Waals surface area contributed by atoms with E-state index in [-0.39, 0.29) is 16.4 Å². The summed E-state index contributed by atoms with van der Waals surface area (Å²) in [6.45, 7) is 0.320. The second-order valence-electron chi connectivity index (χ2n) is 4.50. The van der Waals surface area contributed by atoms with Crippen molar-refractivity contribution in [3.63, 3.8) is 0 Å². The first-order valence-electron chi connectivity index (χ1n) is 6.36. The summed E-state index contributed by atoms with van der Waals surface area (Å²) < 4.78 is 27.6. The highest BCUT2D eigenvalue weighted by atomic mass is 35.7. The number of carbonyl (C=O) groups excluding carboxylic acids is 1. The normalized spacial score (nSPS) is 11.0. The number of halogens is 1. The van der Waals surface area contributed by atoms with Crippen LogP contribution in [0.3, 0.4) is 0 Å². The van der Waals surface area contributed by atoms with E-state index in [9.17, 15) is 13.2 Å². The van der Waals surface area contributed by atoms with Crippen molar-refractivity contribution < 1.29 is 17.9 Å². The lowest BCUT2D eigenvalue weighted by Crippen LogP contribution is -2.22. The molecule has 116 valence electrons. The first kappa shape index (κ1) is 16.3. The molecule has 0 spiro atoms. The van der Waals surface area contributed by atoms with Gasteiger partial charge >= 0.3 is 0 Å². The molecule has 2 aromatic rings. The Balaban J connectivity index is 2.06. The minimum Gasteiger partial charge on any atom is -0.497 e. The summed E-state index contributed by atoms with van der Waals surface area (Å²) in [4.78, 5) is 11.9. The number of ether oxygens (including phenoxy) is 1. The Bertz CT molecular complexity index is 772. The second-order valence-corrected chi connectivity index (χ2v) is 7.06. The Kier molecular flexibility index (Phi) is 5.05. The summed E-state index contributed by atoms with van der Waals surface area (Å²) in [6.07, 6.45) is 0. The number of hydrogen-bond acceptors (Lipinski definition) is 4. The van der Waals surface area contributed by atoms with Gasteiger partial charge < -0.3 is 10.1 Å². The van der Waals surface area contributed by atoms with Gasteiger partial charge in [-0.05, 0) is 35.9 Å². The maximum absolute atomic E-state index is 12.0. The average Bonchev–Trinajstić information content (AvgIpc) is 2.52. The zero-order chi connectivity index (χ0) is 16.2. The fourth-order valence-electron chi connectivity index (χ4n) is 1.82. The van der Waals surface area contributed by atoms with E-state index in [0.717, 1.165) is 11.3 Å². The van der Waals surface area contributed by atoms with E-state index in [1.165, 1.54) is 24.3 Å². The standard InChI is InChI=1S/C15H14ClNO4S/c1-21-13-7-5-11(6-8-13)10-17-15(18)12-3-2-4-14(9-12)22(16,19)20/h2-9H,10H2,1H3,(H,17,18). The summed E-state index contributed by atoms with van der Waals surface area (Å²) in [5, 5.41) is 2.71. The molecule has 0 aliphatic heterocycles. The predicted octanol–water partition coefficient (Wildman–Crippen LogP) is 2.55. The molecule has 1 N–H and O–H groups in total. The summed E-state index contributed by atoms with van der Waals surface area (Å²) >= 11 is 0. The first-order chi connectivity index (χ1) is 10.4. The van der Waals surface area contributed by atoms with E-state index in [0.29, 0.717) is 6.54 Å². The van der Waals surface area contributed by atoms with Crippen molar-refractivity contribution in [3.8, 4) is 5.75 Å². The van der Waals surface area contributed by atoms with E-state index >= 15 is 0 Å². The third-order valence-corrected chi connectivity index (χ3v) is 4.34. The summed E-state index contributed by atoms with van der Waals surface area (Å²) in [5.41, 5.74) is 1.13. The predicted molar refractivity (Wildman–Crippen MR) is 83.6 cm³/mol. The number of carbonyl (C=O) groups is 1. The molecule has 2 rings (SSSR count). The smallest absolute Gasteiger partial charge is 0.261 e. The second kappa shape index (κ2) is 6.81. The van der Waals surface area contributed by atoms with Crippen molar-refractivity contribution >= 4 is 25.6 Å². The molecule has 0 bridgehead atoms. The molecular weight excluding hydrogens is 326 g/mol. The summed E-state index contributed by atoms with van der Waals surface area (Å²) in [7, 11) is 2.99. The van der Waals surface area contributed by atoms with Crippen LogP contribution < -0.4 is 10.1 Å². The van der Waals surface area contributed by atoms with Gasteiger partial charge in [0.05, 0.1) is 12.0 Å². The van der Waals surface area contributed by atoms with Gasteiger partial charge in [0, 0.05) is 22.8 Å². The van der Waals surface area contributed by atoms with E-state index in [1.54, 1.807) is 19.2 Å². The van der Waals surface area contributed by atoms with Crippen LogP contribution in [-0.4, -0.2) is 21.4 Å². The fraction of sp³-hybridized carbons (Fsp3) is 0.133. The molecule has 0 aliphatic carbocycles. The highest BCUT2D eigenvalue weighted by Crippen LogP contribution is 2.16. The molecule has 0 aromatic heterocycles. The number of nitrogens with one attached hydrogen (secondary N) is 1. The van der Waals surface area contributed by atoms with E-state index in [2.05, 4.69) is 5.32 Å². The third kappa shape index (κ3) is 4.22. The Hall–Kier alpha value is -2.05. The number of hydrogen-bond donors (Lipinski definition) is 1. The topological polar surface area (TPSA) is 72.5 Å². The number of benzene rings is 2. The molecule has 0 radical (unpaired) electrons. The first-order valence-corrected chi connectivity index (χ1v) is 8.67. The van der Waals surface area contributed by atoms with Crippen molar-refractivity contribution in [1.82, 2.24) is 5.32 Å². The van der Waals surface area contributed by atoms with E-state index < -0.39 is 9.05 Å². The molecule has 0 aliphatic rings. The largest absolute Gasteiger partial charge is 0.497 e. The van der Waals surface area contributed by atoms with Gasteiger partial charge in [-0.15, -0.1) is 0 Å². The maximum atomic E-state index is 12.0. The van der Waals surface area contributed by atoms with Crippen LogP contribution in [0.4, 0.5) is 0 Å². The zero-order valence-electron chi connectivity index (χ0n) is 11.7. The number of amides is 1.